The Hall–Kier alpha value is -2.34. The highest BCUT2D eigenvalue weighted by Gasteiger charge is 2.17. The van der Waals surface area contributed by atoms with Crippen LogP contribution in [0.1, 0.15) is 29.5 Å². The lowest BCUT2D eigenvalue weighted by molar-refractivity contribution is -0.137. The van der Waals surface area contributed by atoms with Crippen molar-refractivity contribution >= 4 is 28.0 Å². The van der Waals surface area contributed by atoms with E-state index in [1.807, 2.05) is 55.5 Å². The Balaban J connectivity index is 1.96. The van der Waals surface area contributed by atoms with Crippen LogP contribution in [-0.4, -0.2) is 23.2 Å². The molecule has 2 rings (SSSR count). The number of rotatable bonds is 8. The van der Waals surface area contributed by atoms with Crippen molar-refractivity contribution in [3.8, 4) is 0 Å². The zero-order valence-corrected chi connectivity index (χ0v) is 16.2. The lowest BCUT2D eigenvalue weighted by Crippen LogP contribution is -2.37. The summed E-state index contributed by atoms with van der Waals surface area (Å²) in [4.78, 5) is 23.0. The van der Waals surface area contributed by atoms with Crippen LogP contribution >= 0.6 is 15.9 Å². The molecule has 1 amide bonds. The van der Waals surface area contributed by atoms with Crippen molar-refractivity contribution < 1.29 is 19.4 Å². The van der Waals surface area contributed by atoms with Crippen LogP contribution in [0.4, 0.5) is 4.79 Å². The average molecular weight is 420 g/mol. The summed E-state index contributed by atoms with van der Waals surface area (Å²) in [6, 6.07) is 15.0. The van der Waals surface area contributed by atoms with Crippen molar-refractivity contribution in [2.75, 3.05) is 0 Å². The largest absolute Gasteiger partial charge is 0.481 e. The molecular weight excluding hydrogens is 398 g/mol. The molecule has 0 fully saturated rings. The molecule has 5 nitrogen and oxygen atoms in total. The van der Waals surface area contributed by atoms with Crippen LogP contribution in [0.2, 0.25) is 0 Å². The fourth-order valence-electron chi connectivity index (χ4n) is 2.54. The number of benzene rings is 2. The number of nitrogens with one attached hydrogen (secondary N) is 1. The second-order valence-electron chi connectivity index (χ2n) is 6.13. The van der Waals surface area contributed by atoms with Gasteiger partial charge in [-0.15, -0.1) is 0 Å². The highest BCUT2D eigenvalue weighted by molar-refractivity contribution is 9.10. The van der Waals surface area contributed by atoms with Gasteiger partial charge < -0.3 is 15.2 Å². The Morgan fingerprint density at radius 1 is 1.19 bits per heavy atom. The molecule has 6 heteroatoms. The van der Waals surface area contributed by atoms with E-state index in [1.54, 1.807) is 0 Å². The van der Waals surface area contributed by atoms with Crippen LogP contribution in [0.25, 0.3) is 0 Å². The summed E-state index contributed by atoms with van der Waals surface area (Å²) in [5.41, 5.74) is 3.03. The highest BCUT2D eigenvalue weighted by Crippen LogP contribution is 2.21. The van der Waals surface area contributed by atoms with Gasteiger partial charge in [0, 0.05) is 16.9 Å². The molecular formula is C20H22BrNO4. The summed E-state index contributed by atoms with van der Waals surface area (Å²) in [6.45, 7) is 2.17. The van der Waals surface area contributed by atoms with Gasteiger partial charge in [0.05, 0.1) is 0 Å². The third-order valence-electron chi connectivity index (χ3n) is 3.92. The van der Waals surface area contributed by atoms with E-state index in [0.717, 1.165) is 21.2 Å². The molecule has 0 heterocycles. The van der Waals surface area contributed by atoms with E-state index < -0.39 is 12.1 Å². The minimum Gasteiger partial charge on any atom is -0.481 e. The molecule has 2 aromatic rings. The Bertz CT molecular complexity index is 749. The first kappa shape index (κ1) is 20.0. The lowest BCUT2D eigenvalue weighted by Gasteiger charge is -2.19. The molecule has 26 heavy (non-hydrogen) atoms. The van der Waals surface area contributed by atoms with Crippen molar-refractivity contribution in [1.82, 2.24) is 5.32 Å². The van der Waals surface area contributed by atoms with E-state index in [2.05, 4.69) is 21.2 Å². The van der Waals surface area contributed by atoms with Gasteiger partial charge in [-0.05, 0) is 42.5 Å². The normalized spacial score (nSPS) is 11.6. The number of amides is 1. The molecule has 0 bridgehead atoms. The zero-order valence-electron chi connectivity index (χ0n) is 14.6. The topological polar surface area (TPSA) is 75.6 Å². The quantitative estimate of drug-likeness (QED) is 0.661. The van der Waals surface area contributed by atoms with Crippen molar-refractivity contribution in [2.45, 2.75) is 38.8 Å². The molecule has 2 aromatic carbocycles. The van der Waals surface area contributed by atoms with Crippen LogP contribution < -0.4 is 5.32 Å². The van der Waals surface area contributed by atoms with Gasteiger partial charge in [-0.2, -0.15) is 0 Å². The first-order chi connectivity index (χ1) is 12.4. The predicted octanol–water partition coefficient (Wildman–Crippen LogP) is 4.46. The monoisotopic (exact) mass is 419 g/mol. The lowest BCUT2D eigenvalue weighted by atomic mass is 10.0. The number of carbonyl (C=O) groups is 2. The Morgan fingerprint density at radius 2 is 1.92 bits per heavy atom. The fraction of sp³-hybridized carbons (Fsp3) is 0.300. The maximum absolute atomic E-state index is 12.1. The third kappa shape index (κ3) is 6.88. The second kappa shape index (κ2) is 9.97. The van der Waals surface area contributed by atoms with Crippen molar-refractivity contribution in [1.29, 1.82) is 0 Å². The number of hydrogen-bond donors (Lipinski definition) is 2. The molecule has 0 aromatic heterocycles. The second-order valence-corrected chi connectivity index (χ2v) is 6.99. The summed E-state index contributed by atoms with van der Waals surface area (Å²) >= 11 is 3.52. The third-order valence-corrected chi connectivity index (χ3v) is 4.65. The molecule has 0 radical (unpaired) electrons. The number of aryl methyl sites for hydroxylation is 1. The summed E-state index contributed by atoms with van der Waals surface area (Å²) in [7, 11) is 0. The number of ether oxygens (including phenoxy) is 1. The molecule has 1 atom stereocenters. The molecule has 0 aliphatic carbocycles. The SMILES string of the molecule is Cc1ccc(CC(CCC(=O)O)NC(=O)OCc2ccccc2)c(Br)c1. The first-order valence-corrected chi connectivity index (χ1v) is 9.17. The van der Waals surface area contributed by atoms with Gasteiger partial charge in [0.2, 0.25) is 0 Å². The van der Waals surface area contributed by atoms with Crippen LogP contribution in [0.15, 0.2) is 53.0 Å². The van der Waals surface area contributed by atoms with Gasteiger partial charge in [-0.3, -0.25) is 4.79 Å². The number of aliphatic carboxylic acids is 1. The molecule has 138 valence electrons. The summed E-state index contributed by atoms with van der Waals surface area (Å²) < 4.78 is 6.19. The smallest absolute Gasteiger partial charge is 0.407 e. The Morgan fingerprint density at radius 3 is 2.58 bits per heavy atom. The number of alkyl carbamates (subject to hydrolysis) is 1. The fourth-order valence-corrected chi connectivity index (χ4v) is 3.19. The van der Waals surface area contributed by atoms with Gasteiger partial charge in [0.15, 0.2) is 0 Å². The minimum atomic E-state index is -0.891. The first-order valence-electron chi connectivity index (χ1n) is 8.38. The molecule has 0 saturated carbocycles. The van der Waals surface area contributed by atoms with Crippen molar-refractivity contribution in [3.05, 3.63) is 69.7 Å². The van der Waals surface area contributed by atoms with E-state index in [-0.39, 0.29) is 19.1 Å². The number of carboxylic acid groups (broad SMARTS) is 1. The standard InChI is InChI=1S/C20H22BrNO4/c1-14-7-8-16(18(21)11-14)12-17(9-10-19(23)24)22-20(25)26-13-15-5-3-2-4-6-15/h2-8,11,17H,9-10,12-13H2,1H3,(H,22,25)(H,23,24). The molecule has 0 saturated heterocycles. The maximum Gasteiger partial charge on any atom is 0.407 e. The summed E-state index contributed by atoms with van der Waals surface area (Å²) in [6.07, 6.45) is 0.282. The van der Waals surface area contributed by atoms with Gasteiger partial charge >= 0.3 is 12.1 Å². The minimum absolute atomic E-state index is 0.0207. The zero-order chi connectivity index (χ0) is 18.9. The molecule has 0 aliphatic rings. The van der Waals surface area contributed by atoms with Crippen molar-refractivity contribution in [2.24, 2.45) is 0 Å². The van der Waals surface area contributed by atoms with Crippen LogP contribution in [-0.2, 0) is 22.6 Å². The highest BCUT2D eigenvalue weighted by atomic mass is 79.9. The van der Waals surface area contributed by atoms with E-state index in [9.17, 15) is 9.59 Å². The number of carbonyl (C=O) groups excluding carboxylic acids is 1. The number of carboxylic acids is 1. The van der Waals surface area contributed by atoms with E-state index in [0.29, 0.717) is 12.8 Å². The van der Waals surface area contributed by atoms with E-state index in [1.165, 1.54) is 0 Å². The van der Waals surface area contributed by atoms with Crippen LogP contribution in [0.5, 0.6) is 0 Å². The predicted molar refractivity (Wildman–Crippen MR) is 103 cm³/mol. The molecule has 2 N–H and O–H groups in total. The maximum atomic E-state index is 12.1. The van der Waals surface area contributed by atoms with Crippen LogP contribution in [0.3, 0.4) is 0 Å². The van der Waals surface area contributed by atoms with Gasteiger partial charge in [0.25, 0.3) is 0 Å². The molecule has 0 spiro atoms. The van der Waals surface area contributed by atoms with E-state index >= 15 is 0 Å². The molecule has 0 aliphatic heterocycles. The summed E-state index contributed by atoms with van der Waals surface area (Å²) in [5, 5.41) is 11.7. The number of halogens is 1. The molecule has 1 unspecified atom stereocenters. The van der Waals surface area contributed by atoms with E-state index in [4.69, 9.17) is 9.84 Å². The van der Waals surface area contributed by atoms with Gasteiger partial charge in [0.1, 0.15) is 6.61 Å². The van der Waals surface area contributed by atoms with Gasteiger partial charge in [-0.1, -0.05) is 58.4 Å². The average Bonchev–Trinajstić information content (AvgIpc) is 2.61. The Kier molecular flexibility index (Phi) is 7.66. The van der Waals surface area contributed by atoms with Crippen LogP contribution in [0, 0.1) is 6.92 Å². The summed E-state index contributed by atoms with van der Waals surface area (Å²) in [5.74, 6) is -0.891. The van der Waals surface area contributed by atoms with Gasteiger partial charge in [-0.25, -0.2) is 4.79 Å². The number of hydrogen-bond acceptors (Lipinski definition) is 3. The van der Waals surface area contributed by atoms with Crippen molar-refractivity contribution in [3.63, 3.8) is 0 Å². The Labute approximate surface area is 161 Å².